The number of aliphatic carboxylic acids is 1. The Kier molecular flexibility index (Phi) is 8.00. The topological polar surface area (TPSA) is 167 Å². The highest BCUT2D eigenvalue weighted by molar-refractivity contribution is 5.94. The van der Waals surface area contributed by atoms with Crippen LogP contribution < -0.4 is 21.9 Å². The fraction of sp³-hybridized carbons (Fsp3) is 0.143. The molecule has 0 aliphatic heterocycles. The Hall–Kier alpha value is -4.97. The smallest absolute Gasteiger partial charge is 0.429 e. The summed E-state index contributed by atoms with van der Waals surface area (Å²) in [5, 5.41) is 9.00. The summed E-state index contributed by atoms with van der Waals surface area (Å²) in [4.78, 5) is 30.6. The number of nitrogens with zero attached hydrogens (tertiary/aromatic N) is 2. The Balaban J connectivity index is 1.69. The number of ether oxygens (including phenoxy) is 1. The van der Waals surface area contributed by atoms with Crippen molar-refractivity contribution in [3.05, 3.63) is 95.6 Å². The number of benzene rings is 3. The molecule has 7 N–H and O–H groups in total. The van der Waals surface area contributed by atoms with Crippen LogP contribution in [0.3, 0.4) is 0 Å². The molecule has 3 aromatic carbocycles. The standard InChI is InChI=1S/C28H24F3N5O4/c29-28(30,31)24(20-7-2-1-6-19(20)17-4-3-5-18(13-17)25(33)37)40-23-14-22(35-27(34)36-23)16-10-8-15(9-11-16)12-21(32)26(38)39/h1-11,13-14,21,24H,12,32H2,(H2,33,37)(H,38,39)(H2,34,35,36). The molecule has 1 amide bonds. The van der Waals surface area contributed by atoms with E-state index in [0.29, 0.717) is 16.7 Å². The molecule has 12 heteroatoms. The van der Waals surface area contributed by atoms with Gasteiger partial charge in [0.2, 0.25) is 23.8 Å². The zero-order valence-corrected chi connectivity index (χ0v) is 20.8. The van der Waals surface area contributed by atoms with Crippen LogP contribution in [0.4, 0.5) is 19.1 Å². The average molecular weight is 552 g/mol. The second-order valence-corrected chi connectivity index (χ2v) is 8.87. The van der Waals surface area contributed by atoms with Crippen molar-refractivity contribution in [3.8, 4) is 28.3 Å². The Morgan fingerprint density at radius 1 is 0.925 bits per heavy atom. The van der Waals surface area contributed by atoms with Gasteiger partial charge in [-0.2, -0.15) is 18.2 Å². The molecule has 0 spiro atoms. The first-order valence-corrected chi connectivity index (χ1v) is 11.9. The van der Waals surface area contributed by atoms with E-state index in [0.717, 1.165) is 0 Å². The third-order valence-corrected chi connectivity index (χ3v) is 5.98. The molecule has 4 aromatic rings. The lowest BCUT2D eigenvalue weighted by atomic mass is 9.94. The van der Waals surface area contributed by atoms with Crippen LogP contribution in [-0.4, -0.2) is 39.2 Å². The summed E-state index contributed by atoms with van der Waals surface area (Å²) in [6.07, 6.45) is -7.21. The lowest BCUT2D eigenvalue weighted by molar-refractivity contribution is -0.198. The number of carbonyl (C=O) groups is 2. The Morgan fingerprint density at radius 3 is 2.27 bits per heavy atom. The number of carbonyl (C=O) groups excluding carboxylic acids is 1. The molecule has 0 bridgehead atoms. The summed E-state index contributed by atoms with van der Waals surface area (Å²) < 4.78 is 48.6. The van der Waals surface area contributed by atoms with Crippen LogP contribution in [0.15, 0.2) is 78.9 Å². The lowest BCUT2D eigenvalue weighted by Gasteiger charge is -2.24. The molecule has 9 nitrogen and oxygen atoms in total. The van der Waals surface area contributed by atoms with Gasteiger partial charge in [0.05, 0.1) is 5.69 Å². The first-order chi connectivity index (χ1) is 18.9. The van der Waals surface area contributed by atoms with Gasteiger partial charge in [0.15, 0.2) is 0 Å². The molecule has 0 saturated heterocycles. The van der Waals surface area contributed by atoms with E-state index in [4.69, 9.17) is 27.0 Å². The monoisotopic (exact) mass is 551 g/mol. The number of primary amides is 1. The lowest BCUT2D eigenvalue weighted by Crippen LogP contribution is -2.32. The minimum atomic E-state index is -4.86. The van der Waals surface area contributed by atoms with Gasteiger partial charge >= 0.3 is 12.1 Å². The number of halogens is 3. The highest BCUT2D eigenvalue weighted by atomic mass is 19.4. The van der Waals surface area contributed by atoms with Crippen LogP contribution >= 0.6 is 0 Å². The number of alkyl halides is 3. The number of aromatic nitrogens is 2. The molecule has 1 heterocycles. The van der Waals surface area contributed by atoms with E-state index in [1.54, 1.807) is 36.4 Å². The molecule has 0 radical (unpaired) electrons. The van der Waals surface area contributed by atoms with E-state index in [9.17, 15) is 22.8 Å². The van der Waals surface area contributed by atoms with Crippen molar-refractivity contribution >= 4 is 17.8 Å². The quantitative estimate of drug-likeness (QED) is 0.241. The maximum Gasteiger partial charge on any atom is 0.429 e. The number of amides is 1. The molecule has 206 valence electrons. The van der Waals surface area contributed by atoms with Gasteiger partial charge in [-0.25, -0.2) is 4.98 Å². The van der Waals surface area contributed by atoms with E-state index in [-0.39, 0.29) is 34.8 Å². The van der Waals surface area contributed by atoms with Crippen LogP contribution in [0, 0.1) is 0 Å². The van der Waals surface area contributed by atoms with Gasteiger partial charge in [-0.1, -0.05) is 60.7 Å². The van der Waals surface area contributed by atoms with E-state index >= 15 is 0 Å². The van der Waals surface area contributed by atoms with Gasteiger partial charge in [0.25, 0.3) is 0 Å². The van der Waals surface area contributed by atoms with Crippen molar-refractivity contribution < 1.29 is 32.6 Å². The number of hydrogen-bond acceptors (Lipinski definition) is 7. The first kappa shape index (κ1) is 28.0. The van der Waals surface area contributed by atoms with Crippen LogP contribution in [0.1, 0.15) is 27.6 Å². The second kappa shape index (κ2) is 11.4. The van der Waals surface area contributed by atoms with Gasteiger partial charge in [0, 0.05) is 22.8 Å². The number of rotatable bonds is 9. The predicted octanol–water partition coefficient (Wildman–Crippen LogP) is 4.13. The zero-order valence-electron chi connectivity index (χ0n) is 20.8. The van der Waals surface area contributed by atoms with E-state index in [1.807, 2.05) is 0 Å². The molecule has 40 heavy (non-hydrogen) atoms. The molecule has 4 rings (SSSR count). The minimum absolute atomic E-state index is 0.0882. The summed E-state index contributed by atoms with van der Waals surface area (Å²) in [6.45, 7) is 0. The van der Waals surface area contributed by atoms with Crippen LogP contribution in [0.25, 0.3) is 22.4 Å². The van der Waals surface area contributed by atoms with Crippen LogP contribution in [0.5, 0.6) is 5.88 Å². The van der Waals surface area contributed by atoms with E-state index < -0.39 is 36.1 Å². The van der Waals surface area contributed by atoms with Crippen molar-refractivity contribution in [2.45, 2.75) is 24.7 Å². The minimum Gasteiger partial charge on any atom is -0.480 e. The summed E-state index contributed by atoms with van der Waals surface area (Å²) in [5.74, 6) is -2.59. The maximum absolute atomic E-state index is 14.4. The molecule has 0 aliphatic carbocycles. The average Bonchev–Trinajstić information content (AvgIpc) is 2.91. The van der Waals surface area contributed by atoms with Gasteiger partial charge < -0.3 is 27.0 Å². The molecule has 0 fully saturated rings. The van der Waals surface area contributed by atoms with Crippen molar-refractivity contribution in [1.29, 1.82) is 0 Å². The molecule has 2 atom stereocenters. The Bertz CT molecular complexity index is 1540. The third kappa shape index (κ3) is 6.53. The van der Waals surface area contributed by atoms with E-state index in [1.165, 1.54) is 42.5 Å². The summed E-state index contributed by atoms with van der Waals surface area (Å²) in [7, 11) is 0. The normalized spacial score (nSPS) is 12.9. The summed E-state index contributed by atoms with van der Waals surface area (Å²) >= 11 is 0. The van der Waals surface area contributed by atoms with Gasteiger partial charge in [-0.15, -0.1) is 0 Å². The molecular formula is C28H24F3N5O4. The van der Waals surface area contributed by atoms with Gasteiger partial charge in [0.1, 0.15) is 6.04 Å². The largest absolute Gasteiger partial charge is 0.480 e. The predicted molar refractivity (Wildman–Crippen MR) is 141 cm³/mol. The maximum atomic E-state index is 14.4. The zero-order chi connectivity index (χ0) is 29.0. The fourth-order valence-corrected chi connectivity index (χ4v) is 4.06. The molecular weight excluding hydrogens is 527 g/mol. The fourth-order valence-electron chi connectivity index (χ4n) is 4.06. The van der Waals surface area contributed by atoms with Crippen molar-refractivity contribution in [2.75, 3.05) is 5.73 Å². The van der Waals surface area contributed by atoms with E-state index in [2.05, 4.69) is 9.97 Å². The first-order valence-electron chi connectivity index (χ1n) is 11.9. The summed E-state index contributed by atoms with van der Waals surface area (Å²) in [5.41, 5.74) is 18.5. The third-order valence-electron chi connectivity index (χ3n) is 5.98. The number of nitrogen functional groups attached to an aromatic ring is 1. The molecule has 1 aromatic heterocycles. The van der Waals surface area contributed by atoms with Crippen LogP contribution in [-0.2, 0) is 11.2 Å². The number of carboxylic acid groups (broad SMARTS) is 1. The van der Waals surface area contributed by atoms with Crippen molar-refractivity contribution in [1.82, 2.24) is 9.97 Å². The molecule has 0 saturated carbocycles. The Labute approximate surface area is 226 Å². The number of anilines is 1. The highest BCUT2D eigenvalue weighted by Gasteiger charge is 2.44. The summed E-state index contributed by atoms with van der Waals surface area (Å²) in [6, 6.07) is 18.3. The van der Waals surface area contributed by atoms with Gasteiger partial charge in [-0.05, 0) is 35.2 Å². The molecule has 2 unspecified atom stereocenters. The Morgan fingerprint density at radius 2 is 1.62 bits per heavy atom. The number of nitrogens with two attached hydrogens (primary N) is 3. The highest BCUT2D eigenvalue weighted by Crippen LogP contribution is 2.41. The number of hydrogen-bond donors (Lipinski definition) is 4. The number of carboxylic acids is 1. The second-order valence-electron chi connectivity index (χ2n) is 8.87. The van der Waals surface area contributed by atoms with Gasteiger partial charge in [-0.3, -0.25) is 9.59 Å². The molecule has 0 aliphatic rings. The van der Waals surface area contributed by atoms with Crippen molar-refractivity contribution in [3.63, 3.8) is 0 Å². The SMILES string of the molecule is NC(=O)c1cccc(-c2ccccc2C(Oc2cc(-c3ccc(CC(N)C(=O)O)cc3)nc(N)n2)C(F)(F)F)c1. The van der Waals surface area contributed by atoms with Crippen LogP contribution in [0.2, 0.25) is 0 Å². The van der Waals surface area contributed by atoms with Crippen molar-refractivity contribution in [2.24, 2.45) is 11.5 Å².